The molecule has 0 saturated carbocycles. The summed E-state index contributed by atoms with van der Waals surface area (Å²) in [5.74, 6) is 1.76. The van der Waals surface area contributed by atoms with Crippen molar-refractivity contribution >= 4 is 22.7 Å². The van der Waals surface area contributed by atoms with Gasteiger partial charge in [-0.2, -0.15) is 5.10 Å². The van der Waals surface area contributed by atoms with Crippen LogP contribution in [-0.4, -0.2) is 34.9 Å². The van der Waals surface area contributed by atoms with E-state index in [-0.39, 0.29) is 0 Å². The summed E-state index contributed by atoms with van der Waals surface area (Å²) in [4.78, 5) is 4.32. The van der Waals surface area contributed by atoms with Crippen molar-refractivity contribution in [2.24, 2.45) is 13.0 Å². The molecular formula is C29H35N5. The Morgan fingerprint density at radius 1 is 1.06 bits per heavy atom. The standard InChI is InChI=1S/C15H16N4.C14H19N/c1-10-14(9-18-19(10)3)11-4-5-12-8-17-15(16-2)7-13(12)6-11;1-2-12-3-5-13(6-4-12)11-14-7-9-15-10-8-14/h4-9H,1-3H3,(H,16,17);2-6,14-15H,1,7-11H2. The van der Waals surface area contributed by atoms with Gasteiger partial charge in [0.25, 0.3) is 0 Å². The Kier molecular flexibility index (Phi) is 7.76. The summed E-state index contributed by atoms with van der Waals surface area (Å²) in [7, 11) is 3.84. The molecule has 5 rings (SSSR count). The maximum atomic E-state index is 4.32. The van der Waals surface area contributed by atoms with Crippen LogP contribution in [-0.2, 0) is 13.5 Å². The van der Waals surface area contributed by atoms with E-state index in [9.17, 15) is 0 Å². The summed E-state index contributed by atoms with van der Waals surface area (Å²) < 4.78 is 1.89. The number of fused-ring (bicyclic) bond motifs is 1. The fraction of sp³-hybridized carbons (Fsp3) is 0.310. The first-order valence-corrected chi connectivity index (χ1v) is 12.1. The van der Waals surface area contributed by atoms with Crippen molar-refractivity contribution in [2.45, 2.75) is 26.2 Å². The largest absolute Gasteiger partial charge is 0.373 e. The van der Waals surface area contributed by atoms with Crippen molar-refractivity contribution in [3.05, 3.63) is 84.3 Å². The molecular weight excluding hydrogens is 418 g/mol. The average molecular weight is 454 g/mol. The zero-order valence-electron chi connectivity index (χ0n) is 20.5. The van der Waals surface area contributed by atoms with Crippen LogP contribution in [0.25, 0.3) is 28.0 Å². The molecule has 0 radical (unpaired) electrons. The number of nitrogens with one attached hydrogen (secondary N) is 2. The van der Waals surface area contributed by atoms with Crippen LogP contribution in [0.4, 0.5) is 5.82 Å². The number of hydrogen-bond acceptors (Lipinski definition) is 4. The van der Waals surface area contributed by atoms with Gasteiger partial charge in [-0.05, 0) is 79.4 Å². The quantitative estimate of drug-likeness (QED) is 0.398. The molecule has 0 bridgehead atoms. The summed E-state index contributed by atoms with van der Waals surface area (Å²) in [5.41, 5.74) is 6.21. The van der Waals surface area contributed by atoms with E-state index in [0.717, 1.165) is 17.1 Å². The normalized spacial score (nSPS) is 13.9. The van der Waals surface area contributed by atoms with Gasteiger partial charge in [0.2, 0.25) is 0 Å². The van der Waals surface area contributed by atoms with E-state index in [1.165, 1.54) is 65.7 Å². The molecule has 1 aliphatic heterocycles. The SMILES string of the molecule is C=Cc1ccc(CC2CCNCC2)cc1.CNc1cc2cc(-c3cnn(C)c3C)ccc2cn1. The molecule has 2 N–H and O–H groups in total. The lowest BCUT2D eigenvalue weighted by Gasteiger charge is -2.22. The predicted molar refractivity (Wildman–Crippen MR) is 144 cm³/mol. The Morgan fingerprint density at radius 3 is 2.47 bits per heavy atom. The molecule has 2 aromatic carbocycles. The number of rotatable bonds is 5. The predicted octanol–water partition coefficient (Wildman–Crippen LogP) is 5.86. The van der Waals surface area contributed by atoms with Gasteiger partial charge in [-0.3, -0.25) is 4.68 Å². The van der Waals surface area contributed by atoms with Crippen molar-refractivity contribution in [1.29, 1.82) is 0 Å². The molecule has 1 fully saturated rings. The number of piperidine rings is 1. The van der Waals surface area contributed by atoms with E-state index in [0.29, 0.717) is 0 Å². The number of pyridine rings is 1. The number of hydrogen-bond donors (Lipinski definition) is 2. The lowest BCUT2D eigenvalue weighted by atomic mass is 9.91. The molecule has 2 aromatic heterocycles. The maximum Gasteiger partial charge on any atom is 0.126 e. The second-order valence-corrected chi connectivity index (χ2v) is 8.99. The van der Waals surface area contributed by atoms with E-state index in [4.69, 9.17) is 0 Å². The fourth-order valence-electron chi connectivity index (χ4n) is 4.44. The van der Waals surface area contributed by atoms with Gasteiger partial charge >= 0.3 is 0 Å². The van der Waals surface area contributed by atoms with E-state index < -0.39 is 0 Å². The van der Waals surface area contributed by atoms with Gasteiger partial charge in [0.1, 0.15) is 5.82 Å². The van der Waals surface area contributed by atoms with Crippen molar-refractivity contribution in [3.8, 4) is 11.1 Å². The molecule has 4 aromatic rings. The molecule has 3 heterocycles. The van der Waals surface area contributed by atoms with Gasteiger partial charge < -0.3 is 10.6 Å². The van der Waals surface area contributed by atoms with Crippen molar-refractivity contribution in [1.82, 2.24) is 20.1 Å². The van der Waals surface area contributed by atoms with Crippen LogP contribution in [0.3, 0.4) is 0 Å². The van der Waals surface area contributed by atoms with E-state index in [1.807, 2.05) is 37.2 Å². The number of benzene rings is 2. The molecule has 5 nitrogen and oxygen atoms in total. The molecule has 5 heteroatoms. The van der Waals surface area contributed by atoms with Crippen LogP contribution in [0.2, 0.25) is 0 Å². The highest BCUT2D eigenvalue weighted by Crippen LogP contribution is 2.27. The molecule has 176 valence electrons. The van der Waals surface area contributed by atoms with Gasteiger partial charge in [-0.15, -0.1) is 0 Å². The zero-order chi connectivity index (χ0) is 23.9. The van der Waals surface area contributed by atoms with Gasteiger partial charge in [0.05, 0.1) is 6.20 Å². The fourth-order valence-corrected chi connectivity index (χ4v) is 4.44. The second kappa shape index (κ2) is 11.1. The Balaban J connectivity index is 0.000000166. The summed E-state index contributed by atoms with van der Waals surface area (Å²) in [6.45, 7) is 8.23. The highest BCUT2D eigenvalue weighted by molar-refractivity contribution is 5.88. The molecule has 1 saturated heterocycles. The van der Waals surface area contributed by atoms with Crippen LogP contribution < -0.4 is 10.6 Å². The third kappa shape index (κ3) is 5.72. The van der Waals surface area contributed by atoms with Crippen LogP contribution in [0.15, 0.2) is 67.5 Å². The van der Waals surface area contributed by atoms with E-state index in [1.54, 1.807) is 0 Å². The first kappa shape index (κ1) is 23.7. The van der Waals surface area contributed by atoms with Crippen LogP contribution in [0, 0.1) is 12.8 Å². The van der Waals surface area contributed by atoms with Crippen LogP contribution in [0.5, 0.6) is 0 Å². The van der Waals surface area contributed by atoms with Gasteiger partial charge in [-0.1, -0.05) is 49.1 Å². The third-order valence-electron chi connectivity index (χ3n) is 6.72. The minimum Gasteiger partial charge on any atom is -0.373 e. The Bertz CT molecular complexity index is 1230. The van der Waals surface area contributed by atoms with Gasteiger partial charge in [0.15, 0.2) is 0 Å². The first-order chi connectivity index (χ1) is 16.6. The monoisotopic (exact) mass is 453 g/mol. The summed E-state index contributed by atoms with van der Waals surface area (Å²) in [6, 6.07) is 17.2. The molecule has 0 atom stereocenters. The average Bonchev–Trinajstić information content (AvgIpc) is 3.22. The number of anilines is 1. The molecule has 0 spiro atoms. The highest BCUT2D eigenvalue weighted by Gasteiger charge is 2.13. The number of aromatic nitrogens is 3. The number of aryl methyl sites for hydroxylation is 1. The van der Waals surface area contributed by atoms with E-state index >= 15 is 0 Å². The minimum atomic E-state index is 0.876. The Hall–Kier alpha value is -3.44. The zero-order valence-corrected chi connectivity index (χ0v) is 20.5. The van der Waals surface area contributed by atoms with Gasteiger partial charge in [-0.25, -0.2) is 4.98 Å². The molecule has 0 unspecified atom stereocenters. The summed E-state index contributed by atoms with van der Waals surface area (Å²) >= 11 is 0. The van der Waals surface area contributed by atoms with Crippen molar-refractivity contribution < 1.29 is 0 Å². The number of nitrogens with zero attached hydrogens (tertiary/aromatic N) is 3. The van der Waals surface area contributed by atoms with Crippen molar-refractivity contribution in [3.63, 3.8) is 0 Å². The molecule has 0 amide bonds. The second-order valence-electron chi connectivity index (χ2n) is 8.99. The highest BCUT2D eigenvalue weighted by atomic mass is 15.3. The summed E-state index contributed by atoms with van der Waals surface area (Å²) in [6.07, 6.45) is 9.58. The topological polar surface area (TPSA) is 54.8 Å². The molecule has 34 heavy (non-hydrogen) atoms. The lowest BCUT2D eigenvalue weighted by Crippen LogP contribution is -2.28. The Morgan fingerprint density at radius 2 is 1.82 bits per heavy atom. The maximum absolute atomic E-state index is 4.32. The van der Waals surface area contributed by atoms with E-state index in [2.05, 4.69) is 82.7 Å². The summed E-state index contributed by atoms with van der Waals surface area (Å²) in [5, 5.41) is 13.1. The third-order valence-corrected chi connectivity index (χ3v) is 6.72. The van der Waals surface area contributed by atoms with Crippen LogP contribution in [0.1, 0.15) is 29.7 Å². The molecule has 0 aliphatic carbocycles. The van der Waals surface area contributed by atoms with Crippen LogP contribution >= 0.6 is 0 Å². The van der Waals surface area contributed by atoms with Gasteiger partial charge in [0, 0.05) is 36.9 Å². The smallest absolute Gasteiger partial charge is 0.126 e. The first-order valence-electron chi connectivity index (χ1n) is 12.1. The Labute approximate surface area is 202 Å². The van der Waals surface area contributed by atoms with Crippen molar-refractivity contribution in [2.75, 3.05) is 25.5 Å². The molecule has 1 aliphatic rings. The lowest BCUT2D eigenvalue weighted by molar-refractivity contribution is 0.372. The minimum absolute atomic E-state index is 0.876.